The SMILES string of the molecule is CC(=O)[O-].CC(=O)[O-].CCC[N+](C)(C)C.CC[NH+](C)CC. The number of nitrogens with one attached hydrogen (secondary N) is 1. The van der Waals surface area contributed by atoms with E-state index in [1.807, 2.05) is 0 Å². The van der Waals surface area contributed by atoms with Gasteiger partial charge in [0.05, 0.1) is 47.8 Å². The molecule has 130 valence electrons. The lowest BCUT2D eigenvalue weighted by Crippen LogP contribution is -3.08. The molecule has 21 heavy (non-hydrogen) atoms. The smallest absolute Gasteiger partial charge is 0.0777 e. The fourth-order valence-electron chi connectivity index (χ4n) is 0.921. The maximum atomic E-state index is 8.89. The molecule has 0 bridgehead atoms. The van der Waals surface area contributed by atoms with Crippen LogP contribution in [0.15, 0.2) is 0 Å². The van der Waals surface area contributed by atoms with Gasteiger partial charge in [0.1, 0.15) is 0 Å². The van der Waals surface area contributed by atoms with Crippen molar-refractivity contribution in [1.29, 1.82) is 0 Å². The van der Waals surface area contributed by atoms with Gasteiger partial charge in [-0.05, 0) is 34.1 Å². The Morgan fingerprint density at radius 3 is 1.14 bits per heavy atom. The molecule has 0 aliphatic carbocycles. The number of rotatable bonds is 4. The lowest BCUT2D eigenvalue weighted by Gasteiger charge is -2.22. The van der Waals surface area contributed by atoms with Crippen molar-refractivity contribution in [3.05, 3.63) is 0 Å². The Hall–Kier alpha value is -1.14. The second kappa shape index (κ2) is 18.9. The standard InChI is InChI=1S/C6H16N.C5H13N.2C2H4O2/c1-5-6-7(2,3)4;1-4-6(3)5-2;2*1-2(3)4/h5-6H2,1-4H3;4-5H2,1-3H3;2*1H3,(H,3,4)/q+1;;;/p-1. The van der Waals surface area contributed by atoms with E-state index in [1.165, 1.54) is 26.1 Å². The van der Waals surface area contributed by atoms with E-state index < -0.39 is 11.9 Å². The van der Waals surface area contributed by atoms with Crippen LogP contribution in [-0.4, -0.2) is 64.2 Å². The second-order valence-corrected chi connectivity index (χ2v) is 5.66. The van der Waals surface area contributed by atoms with E-state index in [2.05, 4.69) is 49.0 Å². The number of hydrogen-bond donors (Lipinski definition) is 1. The molecule has 0 atom stereocenters. The minimum absolute atomic E-state index is 0.972. The normalized spacial score (nSPS) is 9.24. The van der Waals surface area contributed by atoms with E-state index in [4.69, 9.17) is 19.8 Å². The van der Waals surface area contributed by atoms with Gasteiger partial charge in [-0.3, -0.25) is 0 Å². The minimum atomic E-state index is -1.08. The van der Waals surface area contributed by atoms with Gasteiger partial charge in [-0.1, -0.05) is 6.92 Å². The van der Waals surface area contributed by atoms with Gasteiger partial charge in [0.15, 0.2) is 0 Å². The third-order valence-corrected chi connectivity index (χ3v) is 2.10. The molecule has 0 radical (unpaired) electrons. The Balaban J connectivity index is -0.0000000948. The molecule has 0 heterocycles. The summed E-state index contributed by atoms with van der Waals surface area (Å²) in [7, 11) is 8.83. The molecular weight excluding hydrogens is 272 g/mol. The Kier molecular flexibility index (Phi) is 25.2. The van der Waals surface area contributed by atoms with Gasteiger partial charge in [0, 0.05) is 11.9 Å². The molecule has 0 rings (SSSR count). The Morgan fingerprint density at radius 2 is 1.14 bits per heavy atom. The summed E-state index contributed by atoms with van der Waals surface area (Å²) in [5.41, 5.74) is 0. The summed E-state index contributed by atoms with van der Waals surface area (Å²) in [6.07, 6.45) is 1.28. The Morgan fingerprint density at radius 1 is 0.905 bits per heavy atom. The molecule has 0 aromatic carbocycles. The van der Waals surface area contributed by atoms with E-state index in [1.54, 1.807) is 4.90 Å². The summed E-state index contributed by atoms with van der Waals surface area (Å²) in [5, 5.41) is 17.8. The number of carbonyl (C=O) groups excluding carboxylic acids is 2. The van der Waals surface area contributed by atoms with E-state index >= 15 is 0 Å². The van der Waals surface area contributed by atoms with E-state index in [0.29, 0.717) is 0 Å². The summed E-state index contributed by atoms with van der Waals surface area (Å²) in [4.78, 5) is 19.4. The lowest BCUT2D eigenvalue weighted by atomic mass is 10.4. The third-order valence-electron chi connectivity index (χ3n) is 2.10. The molecule has 0 amide bonds. The second-order valence-electron chi connectivity index (χ2n) is 5.66. The molecule has 0 aromatic heterocycles. The average molecular weight is 308 g/mol. The maximum Gasteiger partial charge on any atom is 0.0777 e. The van der Waals surface area contributed by atoms with Crippen molar-refractivity contribution >= 4 is 11.9 Å². The van der Waals surface area contributed by atoms with E-state index in [-0.39, 0.29) is 0 Å². The number of nitrogens with zero attached hydrogens (tertiary/aromatic N) is 1. The fraction of sp³-hybridized carbons (Fsp3) is 0.867. The average Bonchev–Trinajstić information content (AvgIpc) is 2.25. The zero-order chi connectivity index (χ0) is 18.1. The fourth-order valence-corrected chi connectivity index (χ4v) is 0.921. The number of carboxylic acid groups (broad SMARTS) is 2. The van der Waals surface area contributed by atoms with Crippen molar-refractivity contribution < 1.29 is 29.2 Å². The minimum Gasteiger partial charge on any atom is -0.550 e. The molecular formula is C15H36N2O4. The van der Waals surface area contributed by atoms with Crippen LogP contribution in [0, 0.1) is 0 Å². The van der Waals surface area contributed by atoms with Crippen molar-refractivity contribution in [2.45, 2.75) is 41.0 Å². The number of carboxylic acids is 2. The molecule has 0 aliphatic rings. The van der Waals surface area contributed by atoms with Crippen LogP contribution >= 0.6 is 0 Å². The van der Waals surface area contributed by atoms with Crippen LogP contribution in [0.25, 0.3) is 0 Å². The third kappa shape index (κ3) is 114. The van der Waals surface area contributed by atoms with Gasteiger partial charge in [0.25, 0.3) is 0 Å². The van der Waals surface area contributed by atoms with Crippen LogP contribution in [0.1, 0.15) is 41.0 Å². The molecule has 0 saturated heterocycles. The number of hydrogen-bond acceptors (Lipinski definition) is 4. The van der Waals surface area contributed by atoms with Crippen LogP contribution in [-0.2, 0) is 9.59 Å². The van der Waals surface area contributed by atoms with Crippen molar-refractivity contribution in [3.8, 4) is 0 Å². The van der Waals surface area contributed by atoms with Crippen LogP contribution < -0.4 is 15.1 Å². The number of quaternary nitrogens is 2. The highest BCUT2D eigenvalue weighted by Crippen LogP contribution is 1.90. The summed E-state index contributed by atoms with van der Waals surface area (Å²) in [6, 6.07) is 0. The van der Waals surface area contributed by atoms with Crippen LogP contribution in [0.5, 0.6) is 0 Å². The van der Waals surface area contributed by atoms with Gasteiger partial charge in [-0.25, -0.2) is 0 Å². The largest absolute Gasteiger partial charge is 0.550 e. The zero-order valence-electron chi connectivity index (χ0n) is 15.4. The van der Waals surface area contributed by atoms with Crippen molar-refractivity contribution in [2.24, 2.45) is 0 Å². The lowest BCUT2D eigenvalue weighted by molar-refractivity contribution is -0.875. The van der Waals surface area contributed by atoms with E-state index in [9.17, 15) is 0 Å². The molecule has 6 nitrogen and oxygen atoms in total. The van der Waals surface area contributed by atoms with Gasteiger partial charge < -0.3 is 29.2 Å². The Labute approximate surface area is 131 Å². The number of carbonyl (C=O) groups is 2. The van der Waals surface area contributed by atoms with Crippen LogP contribution in [0.2, 0.25) is 0 Å². The van der Waals surface area contributed by atoms with Crippen LogP contribution in [0.4, 0.5) is 0 Å². The molecule has 0 aromatic rings. The summed E-state index contributed by atoms with van der Waals surface area (Å²) < 4.78 is 1.09. The van der Waals surface area contributed by atoms with E-state index in [0.717, 1.165) is 18.3 Å². The summed E-state index contributed by atoms with van der Waals surface area (Å²) in [6.45, 7) is 12.3. The predicted octanol–water partition coefficient (Wildman–Crippen LogP) is -1.84. The monoisotopic (exact) mass is 308 g/mol. The van der Waals surface area contributed by atoms with Gasteiger partial charge >= 0.3 is 0 Å². The van der Waals surface area contributed by atoms with Gasteiger partial charge in [-0.2, -0.15) is 0 Å². The molecule has 0 aliphatic heterocycles. The molecule has 1 N–H and O–H groups in total. The van der Waals surface area contributed by atoms with Gasteiger partial charge in [-0.15, -0.1) is 0 Å². The van der Waals surface area contributed by atoms with Crippen LogP contribution in [0.3, 0.4) is 0 Å². The summed E-state index contributed by atoms with van der Waals surface area (Å²) >= 11 is 0. The first-order valence-electron chi connectivity index (χ1n) is 7.30. The highest BCUT2D eigenvalue weighted by atomic mass is 16.4. The topological polar surface area (TPSA) is 84.7 Å². The first-order valence-corrected chi connectivity index (χ1v) is 7.30. The quantitative estimate of drug-likeness (QED) is 0.618. The highest BCUT2D eigenvalue weighted by molar-refractivity contribution is 5.60. The molecule has 0 spiro atoms. The summed E-state index contributed by atoms with van der Waals surface area (Å²) in [5.74, 6) is -2.17. The maximum absolute atomic E-state index is 8.89. The van der Waals surface area contributed by atoms with Gasteiger partial charge in [0.2, 0.25) is 0 Å². The zero-order valence-corrected chi connectivity index (χ0v) is 15.4. The van der Waals surface area contributed by atoms with Crippen molar-refractivity contribution in [3.63, 3.8) is 0 Å². The predicted molar refractivity (Wildman–Crippen MR) is 82.5 cm³/mol. The molecule has 6 heteroatoms. The number of aliphatic carboxylic acids is 2. The first-order chi connectivity index (χ1) is 9.33. The van der Waals surface area contributed by atoms with Crippen molar-refractivity contribution in [2.75, 3.05) is 47.8 Å². The molecule has 0 unspecified atom stereocenters. The molecule has 0 fully saturated rings. The Bertz CT molecular complexity index is 214. The van der Waals surface area contributed by atoms with Crippen molar-refractivity contribution in [1.82, 2.24) is 0 Å². The first kappa shape index (κ1) is 28.1. The highest BCUT2D eigenvalue weighted by Gasteiger charge is 2.01. The molecule has 0 saturated carbocycles.